The van der Waals surface area contributed by atoms with Crippen LogP contribution in [0.5, 0.6) is 0 Å². The maximum absolute atomic E-state index is 13.3. The van der Waals surface area contributed by atoms with Crippen molar-refractivity contribution in [2.45, 2.75) is 13.0 Å². The summed E-state index contributed by atoms with van der Waals surface area (Å²) in [6.07, 6.45) is 0. The van der Waals surface area contributed by atoms with Gasteiger partial charge < -0.3 is 10.2 Å². The van der Waals surface area contributed by atoms with E-state index < -0.39 is 0 Å². The van der Waals surface area contributed by atoms with E-state index in [1.807, 2.05) is 12.1 Å². The Hall–Kier alpha value is -1.01. The molecule has 1 atom stereocenters. The second-order valence-corrected chi connectivity index (χ2v) is 6.59. The number of nitrogens with one attached hydrogen (secondary N) is 1. The molecule has 4 nitrogen and oxygen atoms in total. The summed E-state index contributed by atoms with van der Waals surface area (Å²) in [6, 6.07) is 7.50. The molecule has 1 aromatic rings. The fraction of sp³-hybridized carbons (Fsp3) is 0.667. The van der Waals surface area contributed by atoms with Gasteiger partial charge in [0.1, 0.15) is 5.82 Å². The van der Waals surface area contributed by atoms with Crippen molar-refractivity contribution in [2.75, 3.05) is 65.4 Å². The summed E-state index contributed by atoms with van der Waals surface area (Å²) in [6.45, 7) is 13.2. The number of likely N-dealkylation sites (N-methyl/N-ethyl adjacent to an activating group) is 1. The standard InChI is InChI=1S/C18H29FN4/c1-2-21-11-13-23(14-12-21)18(15-22-9-7-20-8-10-22)16-3-5-17(19)6-4-16/h3-6,18,20H,2,7-15H2,1H3/t18-/m1/s1. The molecule has 23 heavy (non-hydrogen) atoms. The van der Waals surface area contributed by atoms with Crippen LogP contribution >= 0.6 is 0 Å². The van der Waals surface area contributed by atoms with E-state index in [2.05, 4.69) is 26.9 Å². The van der Waals surface area contributed by atoms with Crippen LogP contribution in [0.4, 0.5) is 4.39 Å². The number of nitrogens with zero attached hydrogens (tertiary/aromatic N) is 3. The largest absolute Gasteiger partial charge is 0.314 e. The Bertz CT molecular complexity index is 464. The highest BCUT2D eigenvalue weighted by Crippen LogP contribution is 2.24. The summed E-state index contributed by atoms with van der Waals surface area (Å²) in [7, 11) is 0. The number of rotatable bonds is 5. The van der Waals surface area contributed by atoms with Gasteiger partial charge in [-0.05, 0) is 24.2 Å². The monoisotopic (exact) mass is 320 g/mol. The van der Waals surface area contributed by atoms with Gasteiger partial charge in [0.25, 0.3) is 0 Å². The maximum Gasteiger partial charge on any atom is 0.123 e. The van der Waals surface area contributed by atoms with Gasteiger partial charge in [-0.15, -0.1) is 0 Å². The van der Waals surface area contributed by atoms with Crippen molar-refractivity contribution in [1.82, 2.24) is 20.0 Å². The summed E-state index contributed by atoms with van der Waals surface area (Å²) >= 11 is 0. The molecular weight excluding hydrogens is 291 g/mol. The maximum atomic E-state index is 13.3. The minimum absolute atomic E-state index is 0.148. The third-order valence-corrected chi connectivity index (χ3v) is 5.19. The molecule has 2 heterocycles. The van der Waals surface area contributed by atoms with E-state index in [4.69, 9.17) is 0 Å². The first-order chi connectivity index (χ1) is 11.3. The second-order valence-electron chi connectivity index (χ2n) is 6.59. The van der Waals surface area contributed by atoms with Crippen LogP contribution in [-0.4, -0.2) is 80.1 Å². The summed E-state index contributed by atoms with van der Waals surface area (Å²) in [5.74, 6) is -0.148. The van der Waals surface area contributed by atoms with Crippen molar-refractivity contribution in [1.29, 1.82) is 0 Å². The van der Waals surface area contributed by atoms with Crippen LogP contribution in [0.2, 0.25) is 0 Å². The zero-order valence-electron chi connectivity index (χ0n) is 14.2. The Labute approximate surface area is 139 Å². The van der Waals surface area contributed by atoms with E-state index in [0.717, 1.165) is 65.4 Å². The van der Waals surface area contributed by atoms with Gasteiger partial charge >= 0.3 is 0 Å². The van der Waals surface area contributed by atoms with Gasteiger partial charge in [-0.3, -0.25) is 9.80 Å². The topological polar surface area (TPSA) is 21.8 Å². The van der Waals surface area contributed by atoms with E-state index >= 15 is 0 Å². The SMILES string of the molecule is CCN1CCN([C@H](CN2CCNCC2)c2ccc(F)cc2)CC1. The van der Waals surface area contributed by atoms with E-state index in [1.54, 1.807) is 12.1 Å². The highest BCUT2D eigenvalue weighted by atomic mass is 19.1. The first-order valence-corrected chi connectivity index (χ1v) is 8.91. The van der Waals surface area contributed by atoms with Gasteiger partial charge in [-0.25, -0.2) is 4.39 Å². The molecule has 0 unspecified atom stereocenters. The normalized spacial score (nSPS) is 23.0. The van der Waals surface area contributed by atoms with Crippen LogP contribution < -0.4 is 5.32 Å². The molecule has 2 aliphatic rings. The van der Waals surface area contributed by atoms with E-state index in [-0.39, 0.29) is 5.82 Å². The van der Waals surface area contributed by atoms with E-state index in [1.165, 1.54) is 5.56 Å². The van der Waals surface area contributed by atoms with Gasteiger partial charge in [0.2, 0.25) is 0 Å². The molecule has 0 spiro atoms. The van der Waals surface area contributed by atoms with Crippen molar-refractivity contribution < 1.29 is 4.39 Å². The molecule has 0 aromatic heterocycles. The third kappa shape index (κ3) is 4.51. The summed E-state index contributed by atoms with van der Waals surface area (Å²) in [5, 5.41) is 3.42. The molecule has 0 saturated carbocycles. The molecule has 1 N–H and O–H groups in total. The molecule has 1 aromatic carbocycles. The zero-order valence-corrected chi connectivity index (χ0v) is 14.2. The molecule has 0 aliphatic carbocycles. The number of halogens is 1. The lowest BCUT2D eigenvalue weighted by molar-refractivity contribution is 0.0737. The van der Waals surface area contributed by atoms with Crippen LogP contribution in [0.1, 0.15) is 18.5 Å². The summed E-state index contributed by atoms with van der Waals surface area (Å²) in [5.41, 5.74) is 1.25. The average molecular weight is 320 g/mol. The summed E-state index contributed by atoms with van der Waals surface area (Å²) < 4.78 is 13.3. The average Bonchev–Trinajstić information content (AvgIpc) is 2.62. The van der Waals surface area contributed by atoms with Crippen molar-refractivity contribution in [3.63, 3.8) is 0 Å². The van der Waals surface area contributed by atoms with Gasteiger partial charge in [0, 0.05) is 64.9 Å². The van der Waals surface area contributed by atoms with Crippen molar-refractivity contribution >= 4 is 0 Å². The highest BCUT2D eigenvalue weighted by Gasteiger charge is 2.26. The lowest BCUT2D eigenvalue weighted by Gasteiger charge is -2.41. The van der Waals surface area contributed by atoms with Crippen LogP contribution in [-0.2, 0) is 0 Å². The van der Waals surface area contributed by atoms with Crippen LogP contribution in [0.15, 0.2) is 24.3 Å². The van der Waals surface area contributed by atoms with Crippen LogP contribution in [0.25, 0.3) is 0 Å². The Balaban J connectivity index is 1.71. The molecule has 2 saturated heterocycles. The molecule has 0 amide bonds. The lowest BCUT2D eigenvalue weighted by atomic mass is 10.0. The predicted octanol–water partition coefficient (Wildman–Crippen LogP) is 1.41. The molecule has 0 radical (unpaired) electrons. The van der Waals surface area contributed by atoms with Gasteiger partial charge in [-0.1, -0.05) is 19.1 Å². The fourth-order valence-electron chi connectivity index (χ4n) is 3.65. The number of hydrogen-bond acceptors (Lipinski definition) is 4. The Kier molecular flexibility index (Phi) is 6.00. The third-order valence-electron chi connectivity index (χ3n) is 5.19. The van der Waals surface area contributed by atoms with Crippen molar-refractivity contribution in [2.24, 2.45) is 0 Å². The summed E-state index contributed by atoms with van der Waals surface area (Å²) in [4.78, 5) is 7.63. The molecular formula is C18H29FN4. The zero-order chi connectivity index (χ0) is 16.1. The van der Waals surface area contributed by atoms with Crippen molar-refractivity contribution in [3.05, 3.63) is 35.6 Å². The molecule has 2 fully saturated rings. The molecule has 128 valence electrons. The quantitative estimate of drug-likeness (QED) is 0.885. The lowest BCUT2D eigenvalue weighted by Crippen LogP contribution is -2.51. The molecule has 2 aliphatic heterocycles. The Morgan fingerprint density at radius 1 is 0.957 bits per heavy atom. The van der Waals surface area contributed by atoms with Crippen LogP contribution in [0, 0.1) is 5.82 Å². The van der Waals surface area contributed by atoms with Crippen molar-refractivity contribution in [3.8, 4) is 0 Å². The highest BCUT2D eigenvalue weighted by molar-refractivity contribution is 5.21. The smallest absolute Gasteiger partial charge is 0.123 e. The number of hydrogen-bond donors (Lipinski definition) is 1. The molecule has 3 rings (SSSR count). The first kappa shape index (κ1) is 16.8. The van der Waals surface area contributed by atoms with E-state index in [9.17, 15) is 4.39 Å². The van der Waals surface area contributed by atoms with Gasteiger partial charge in [0.05, 0.1) is 0 Å². The number of piperazine rings is 2. The molecule has 5 heteroatoms. The second kappa shape index (κ2) is 8.20. The molecule has 0 bridgehead atoms. The first-order valence-electron chi connectivity index (χ1n) is 8.91. The fourth-order valence-corrected chi connectivity index (χ4v) is 3.65. The van der Waals surface area contributed by atoms with Crippen LogP contribution in [0.3, 0.4) is 0 Å². The number of benzene rings is 1. The van der Waals surface area contributed by atoms with Gasteiger partial charge in [-0.2, -0.15) is 0 Å². The Morgan fingerprint density at radius 3 is 2.22 bits per heavy atom. The predicted molar refractivity (Wildman–Crippen MR) is 92.1 cm³/mol. The minimum Gasteiger partial charge on any atom is -0.314 e. The minimum atomic E-state index is -0.148. The Morgan fingerprint density at radius 2 is 1.61 bits per heavy atom. The van der Waals surface area contributed by atoms with Gasteiger partial charge in [0.15, 0.2) is 0 Å². The van der Waals surface area contributed by atoms with E-state index in [0.29, 0.717) is 6.04 Å².